The van der Waals surface area contributed by atoms with Gasteiger partial charge in [0.1, 0.15) is 17.2 Å². The third-order valence-electron chi connectivity index (χ3n) is 4.13. The van der Waals surface area contributed by atoms with Crippen LogP contribution in [-0.2, 0) is 6.18 Å². The van der Waals surface area contributed by atoms with E-state index in [1.807, 2.05) is 0 Å². The summed E-state index contributed by atoms with van der Waals surface area (Å²) in [4.78, 5) is 6.99. The van der Waals surface area contributed by atoms with Crippen LogP contribution in [0.1, 0.15) is 44.3 Å². The molecule has 0 aliphatic heterocycles. The summed E-state index contributed by atoms with van der Waals surface area (Å²) in [5.74, 6) is -2.03. The average Bonchev–Trinajstić information content (AvgIpc) is 2.76. The third-order valence-corrected chi connectivity index (χ3v) is 4.13. The van der Waals surface area contributed by atoms with Crippen molar-refractivity contribution in [3.05, 3.63) is 29.8 Å². The molecule has 0 atom stereocenters. The number of para-hydroxylation sites is 1. The lowest BCUT2D eigenvalue weighted by molar-refractivity contribution is -0.144. The van der Waals surface area contributed by atoms with E-state index in [-0.39, 0.29) is 22.8 Å². The Bertz CT molecular complexity index is 692. The van der Waals surface area contributed by atoms with Crippen molar-refractivity contribution < 1.29 is 17.6 Å². The summed E-state index contributed by atoms with van der Waals surface area (Å²) >= 11 is 0. The second kappa shape index (κ2) is 6.29. The number of fused-ring (bicyclic) bond motifs is 1. The SMILES string of the molecule is Fc1cccc2c(NC3CCCCCC3)nc(C(F)(F)F)nc12. The minimum atomic E-state index is -4.71. The number of anilines is 1. The summed E-state index contributed by atoms with van der Waals surface area (Å²) in [6.07, 6.45) is 1.36. The van der Waals surface area contributed by atoms with Crippen LogP contribution in [0, 0.1) is 5.82 Å². The van der Waals surface area contributed by atoms with E-state index in [9.17, 15) is 17.6 Å². The molecule has 0 amide bonds. The fourth-order valence-electron chi connectivity index (χ4n) is 2.97. The molecular weight excluding hydrogens is 310 g/mol. The Morgan fingerprint density at radius 1 is 1.00 bits per heavy atom. The van der Waals surface area contributed by atoms with Gasteiger partial charge >= 0.3 is 6.18 Å². The zero-order valence-corrected chi connectivity index (χ0v) is 12.5. The average molecular weight is 327 g/mol. The first-order valence-electron chi connectivity index (χ1n) is 7.75. The van der Waals surface area contributed by atoms with Crippen molar-refractivity contribution in [2.24, 2.45) is 0 Å². The highest BCUT2D eigenvalue weighted by Gasteiger charge is 2.36. The van der Waals surface area contributed by atoms with Gasteiger partial charge in [0.15, 0.2) is 0 Å². The van der Waals surface area contributed by atoms with Crippen LogP contribution in [0.25, 0.3) is 10.9 Å². The van der Waals surface area contributed by atoms with Crippen molar-refractivity contribution in [3.8, 4) is 0 Å². The molecule has 0 unspecified atom stereocenters. The van der Waals surface area contributed by atoms with Gasteiger partial charge in [0.25, 0.3) is 0 Å². The molecule has 1 N–H and O–H groups in total. The molecule has 0 saturated heterocycles. The van der Waals surface area contributed by atoms with Gasteiger partial charge in [-0.2, -0.15) is 13.2 Å². The molecule has 1 aromatic carbocycles. The zero-order valence-electron chi connectivity index (χ0n) is 12.5. The molecule has 2 aromatic rings. The van der Waals surface area contributed by atoms with Crippen LogP contribution in [0.5, 0.6) is 0 Å². The maximum Gasteiger partial charge on any atom is 0.451 e. The van der Waals surface area contributed by atoms with Crippen molar-refractivity contribution in [1.82, 2.24) is 9.97 Å². The molecule has 3 rings (SSSR count). The van der Waals surface area contributed by atoms with Crippen LogP contribution in [0.4, 0.5) is 23.4 Å². The largest absolute Gasteiger partial charge is 0.451 e. The standard InChI is InChI=1S/C16H17F4N3/c17-12-9-5-8-11-13(12)22-15(16(18,19)20)23-14(11)21-10-6-3-1-2-4-7-10/h5,8-10H,1-4,6-7H2,(H,21,22,23). The van der Waals surface area contributed by atoms with Crippen molar-refractivity contribution in [1.29, 1.82) is 0 Å². The van der Waals surface area contributed by atoms with Crippen molar-refractivity contribution in [2.75, 3.05) is 5.32 Å². The lowest BCUT2D eigenvalue weighted by Crippen LogP contribution is -2.21. The fraction of sp³-hybridized carbons (Fsp3) is 0.500. The van der Waals surface area contributed by atoms with Crippen molar-refractivity contribution >= 4 is 16.7 Å². The topological polar surface area (TPSA) is 37.8 Å². The normalized spacial score (nSPS) is 17.2. The van der Waals surface area contributed by atoms with Crippen molar-refractivity contribution in [2.45, 2.75) is 50.7 Å². The highest BCUT2D eigenvalue weighted by molar-refractivity contribution is 5.89. The zero-order chi connectivity index (χ0) is 16.4. The van der Waals surface area contributed by atoms with Gasteiger partial charge < -0.3 is 5.32 Å². The predicted octanol–water partition coefficient (Wildman–Crippen LogP) is 4.92. The second-order valence-corrected chi connectivity index (χ2v) is 5.86. The Labute approximate surface area is 131 Å². The van der Waals surface area contributed by atoms with E-state index in [0.717, 1.165) is 44.6 Å². The molecule has 0 bridgehead atoms. The number of alkyl halides is 3. The second-order valence-electron chi connectivity index (χ2n) is 5.86. The summed E-state index contributed by atoms with van der Waals surface area (Å²) in [6.45, 7) is 0. The van der Waals surface area contributed by atoms with Crippen LogP contribution in [0.15, 0.2) is 18.2 Å². The van der Waals surface area contributed by atoms with Gasteiger partial charge in [-0.25, -0.2) is 14.4 Å². The first kappa shape index (κ1) is 16.0. The Balaban J connectivity index is 2.04. The van der Waals surface area contributed by atoms with Gasteiger partial charge in [0.05, 0.1) is 0 Å². The number of nitrogens with one attached hydrogen (secondary N) is 1. The minimum absolute atomic E-state index is 0.0555. The quantitative estimate of drug-likeness (QED) is 0.628. The summed E-state index contributed by atoms with van der Waals surface area (Å²) < 4.78 is 52.9. The molecule has 23 heavy (non-hydrogen) atoms. The number of halogens is 4. The molecule has 124 valence electrons. The van der Waals surface area contributed by atoms with Crippen LogP contribution in [-0.4, -0.2) is 16.0 Å². The Hall–Kier alpha value is -1.92. The molecular formula is C16H17F4N3. The maximum absolute atomic E-state index is 13.9. The number of benzene rings is 1. The number of aromatic nitrogens is 2. The highest BCUT2D eigenvalue weighted by atomic mass is 19.4. The molecule has 1 saturated carbocycles. The van der Waals surface area contributed by atoms with Crippen LogP contribution < -0.4 is 5.32 Å². The van der Waals surface area contributed by atoms with Crippen molar-refractivity contribution in [3.63, 3.8) is 0 Å². The Morgan fingerprint density at radius 3 is 2.35 bits per heavy atom. The highest BCUT2D eigenvalue weighted by Crippen LogP contribution is 2.32. The van der Waals surface area contributed by atoms with Gasteiger partial charge in [-0.1, -0.05) is 31.7 Å². The van der Waals surface area contributed by atoms with Gasteiger partial charge in [-0.05, 0) is 25.0 Å². The number of hydrogen-bond donors (Lipinski definition) is 1. The van der Waals surface area contributed by atoms with E-state index in [0.29, 0.717) is 0 Å². The van der Waals surface area contributed by atoms with E-state index in [1.54, 1.807) is 0 Å². The summed E-state index contributed by atoms with van der Waals surface area (Å²) in [5, 5.41) is 3.37. The molecule has 1 aliphatic carbocycles. The Morgan fingerprint density at radius 2 is 1.70 bits per heavy atom. The number of nitrogens with zero attached hydrogens (tertiary/aromatic N) is 2. The fourth-order valence-corrected chi connectivity index (χ4v) is 2.97. The van der Waals surface area contributed by atoms with Crippen LogP contribution in [0.2, 0.25) is 0 Å². The number of hydrogen-bond acceptors (Lipinski definition) is 3. The third kappa shape index (κ3) is 3.54. The van der Waals surface area contributed by atoms with Gasteiger partial charge in [-0.3, -0.25) is 0 Å². The molecule has 3 nitrogen and oxygen atoms in total. The Kier molecular flexibility index (Phi) is 4.37. The van der Waals surface area contributed by atoms with Gasteiger partial charge in [0, 0.05) is 11.4 Å². The molecule has 1 heterocycles. The van der Waals surface area contributed by atoms with Crippen LogP contribution in [0.3, 0.4) is 0 Å². The summed E-state index contributed by atoms with van der Waals surface area (Å²) in [5.41, 5.74) is -0.300. The number of rotatable bonds is 2. The molecule has 0 radical (unpaired) electrons. The smallest absolute Gasteiger partial charge is 0.367 e. The van der Waals surface area contributed by atoms with Crippen LogP contribution >= 0.6 is 0 Å². The minimum Gasteiger partial charge on any atom is -0.367 e. The molecule has 1 aromatic heterocycles. The monoisotopic (exact) mass is 327 g/mol. The maximum atomic E-state index is 13.9. The summed E-state index contributed by atoms with van der Waals surface area (Å²) in [7, 11) is 0. The van der Waals surface area contributed by atoms with Gasteiger partial charge in [0.2, 0.25) is 5.82 Å². The molecule has 1 aliphatic rings. The van der Waals surface area contributed by atoms with E-state index in [2.05, 4.69) is 15.3 Å². The van der Waals surface area contributed by atoms with Gasteiger partial charge in [-0.15, -0.1) is 0 Å². The van der Waals surface area contributed by atoms with E-state index in [1.165, 1.54) is 12.1 Å². The first-order valence-corrected chi connectivity index (χ1v) is 7.75. The molecule has 0 spiro atoms. The van der Waals surface area contributed by atoms with E-state index < -0.39 is 17.8 Å². The molecule has 7 heteroatoms. The lowest BCUT2D eigenvalue weighted by atomic mass is 10.1. The van der Waals surface area contributed by atoms with E-state index >= 15 is 0 Å². The lowest BCUT2D eigenvalue weighted by Gasteiger charge is -2.19. The molecule has 1 fully saturated rings. The van der Waals surface area contributed by atoms with E-state index in [4.69, 9.17) is 0 Å². The summed E-state index contributed by atoms with van der Waals surface area (Å²) in [6, 6.07) is 4.15. The first-order chi connectivity index (χ1) is 10.9. The predicted molar refractivity (Wildman–Crippen MR) is 79.6 cm³/mol.